The van der Waals surface area contributed by atoms with Crippen LogP contribution in [0, 0.1) is 0 Å². The van der Waals surface area contributed by atoms with Gasteiger partial charge in [-0.25, -0.2) is 0 Å². The number of aliphatic hydroxyl groups is 1. The van der Waals surface area contributed by atoms with Crippen molar-refractivity contribution in [1.29, 1.82) is 0 Å². The SMILES string of the molecule is OC1(CNC2CCc3cc(Br)ccc3C2)CCOCC1. The lowest BCUT2D eigenvalue weighted by atomic mass is 9.87. The van der Waals surface area contributed by atoms with Gasteiger partial charge < -0.3 is 15.2 Å². The molecule has 4 heteroatoms. The van der Waals surface area contributed by atoms with E-state index < -0.39 is 5.60 Å². The Hall–Kier alpha value is -0.420. The summed E-state index contributed by atoms with van der Waals surface area (Å²) in [6.45, 7) is 2.05. The standard InChI is InChI=1S/C16H22BrNO2/c17-14-3-1-13-10-15(4-2-12(13)9-14)18-11-16(19)5-7-20-8-6-16/h1,3,9,15,18-19H,2,4-8,10-11H2. The van der Waals surface area contributed by atoms with Crippen molar-refractivity contribution in [2.24, 2.45) is 0 Å². The van der Waals surface area contributed by atoms with Gasteiger partial charge in [-0.15, -0.1) is 0 Å². The maximum atomic E-state index is 10.5. The minimum Gasteiger partial charge on any atom is -0.388 e. The van der Waals surface area contributed by atoms with Gasteiger partial charge in [0.05, 0.1) is 5.60 Å². The van der Waals surface area contributed by atoms with Crippen molar-refractivity contribution in [1.82, 2.24) is 5.32 Å². The second-order valence-electron chi connectivity index (χ2n) is 6.07. The lowest BCUT2D eigenvalue weighted by molar-refractivity contribution is -0.0629. The first-order valence-corrected chi connectivity index (χ1v) is 8.25. The molecule has 1 atom stereocenters. The van der Waals surface area contributed by atoms with Gasteiger partial charge in [-0.05, 0) is 42.5 Å². The first kappa shape index (κ1) is 14.5. The number of rotatable bonds is 3. The van der Waals surface area contributed by atoms with Crippen LogP contribution in [0.5, 0.6) is 0 Å². The van der Waals surface area contributed by atoms with Crippen molar-refractivity contribution in [3.63, 3.8) is 0 Å². The van der Waals surface area contributed by atoms with Crippen LogP contribution in [-0.2, 0) is 17.6 Å². The molecule has 0 saturated carbocycles. The molecule has 0 radical (unpaired) electrons. The van der Waals surface area contributed by atoms with Gasteiger partial charge in [0.2, 0.25) is 0 Å². The second kappa shape index (κ2) is 6.14. The van der Waals surface area contributed by atoms with E-state index in [4.69, 9.17) is 4.74 Å². The summed E-state index contributed by atoms with van der Waals surface area (Å²) in [4.78, 5) is 0. The van der Waals surface area contributed by atoms with Gasteiger partial charge in [-0.3, -0.25) is 0 Å². The normalized spacial score (nSPS) is 25.2. The summed E-state index contributed by atoms with van der Waals surface area (Å²) >= 11 is 3.53. The van der Waals surface area contributed by atoms with Crippen LogP contribution in [0.1, 0.15) is 30.4 Å². The van der Waals surface area contributed by atoms with E-state index in [0.717, 1.165) is 32.1 Å². The molecule has 1 aliphatic carbocycles. The molecule has 1 aromatic rings. The molecule has 1 fully saturated rings. The third-order valence-electron chi connectivity index (χ3n) is 4.54. The van der Waals surface area contributed by atoms with E-state index in [0.29, 0.717) is 25.8 Å². The highest BCUT2D eigenvalue weighted by Gasteiger charge is 2.30. The highest BCUT2D eigenvalue weighted by molar-refractivity contribution is 9.10. The van der Waals surface area contributed by atoms with E-state index in [-0.39, 0.29) is 0 Å². The largest absolute Gasteiger partial charge is 0.388 e. The number of ether oxygens (including phenoxy) is 1. The number of fused-ring (bicyclic) bond motifs is 1. The Balaban J connectivity index is 1.56. The van der Waals surface area contributed by atoms with Crippen LogP contribution < -0.4 is 5.32 Å². The molecule has 0 spiro atoms. The fourth-order valence-electron chi connectivity index (χ4n) is 3.16. The smallest absolute Gasteiger partial charge is 0.0815 e. The topological polar surface area (TPSA) is 41.5 Å². The fourth-order valence-corrected chi connectivity index (χ4v) is 3.57. The van der Waals surface area contributed by atoms with Crippen LogP contribution in [0.2, 0.25) is 0 Å². The molecule has 2 aliphatic rings. The van der Waals surface area contributed by atoms with E-state index in [2.05, 4.69) is 39.4 Å². The van der Waals surface area contributed by atoms with Crippen LogP contribution in [0.15, 0.2) is 22.7 Å². The zero-order valence-corrected chi connectivity index (χ0v) is 13.3. The summed E-state index contributed by atoms with van der Waals surface area (Å²) in [5, 5.41) is 14.1. The van der Waals surface area contributed by atoms with Crippen molar-refractivity contribution in [2.45, 2.75) is 43.7 Å². The van der Waals surface area contributed by atoms with Crippen molar-refractivity contribution in [3.05, 3.63) is 33.8 Å². The molecule has 2 N–H and O–H groups in total. The summed E-state index contributed by atoms with van der Waals surface area (Å²) in [7, 11) is 0. The molecule has 0 bridgehead atoms. The Kier molecular flexibility index (Phi) is 4.46. The Morgan fingerprint density at radius 2 is 2.10 bits per heavy atom. The molecule has 1 aromatic carbocycles. The molecular weight excluding hydrogens is 318 g/mol. The van der Waals surface area contributed by atoms with E-state index >= 15 is 0 Å². The number of hydrogen-bond acceptors (Lipinski definition) is 3. The summed E-state index contributed by atoms with van der Waals surface area (Å²) < 4.78 is 6.49. The predicted octanol–water partition coefficient (Wildman–Crippen LogP) is 2.44. The van der Waals surface area contributed by atoms with Crippen molar-refractivity contribution < 1.29 is 9.84 Å². The second-order valence-corrected chi connectivity index (χ2v) is 6.99. The van der Waals surface area contributed by atoms with Gasteiger partial charge in [-0.1, -0.05) is 22.0 Å². The predicted molar refractivity (Wildman–Crippen MR) is 83.0 cm³/mol. The van der Waals surface area contributed by atoms with Crippen LogP contribution >= 0.6 is 15.9 Å². The molecule has 0 amide bonds. The lowest BCUT2D eigenvalue weighted by Gasteiger charge is -2.35. The number of hydrogen-bond donors (Lipinski definition) is 2. The zero-order valence-electron chi connectivity index (χ0n) is 11.7. The van der Waals surface area contributed by atoms with Gasteiger partial charge in [0.15, 0.2) is 0 Å². The lowest BCUT2D eigenvalue weighted by Crippen LogP contribution is -2.48. The molecule has 110 valence electrons. The van der Waals surface area contributed by atoms with Crippen LogP contribution in [-0.4, -0.2) is 36.5 Å². The highest BCUT2D eigenvalue weighted by Crippen LogP contribution is 2.26. The molecule has 1 heterocycles. The first-order valence-electron chi connectivity index (χ1n) is 7.45. The maximum absolute atomic E-state index is 10.5. The molecule has 20 heavy (non-hydrogen) atoms. The Bertz CT molecular complexity index is 472. The van der Waals surface area contributed by atoms with E-state index in [1.54, 1.807) is 0 Å². The third-order valence-corrected chi connectivity index (χ3v) is 5.03. The highest BCUT2D eigenvalue weighted by atomic mass is 79.9. The van der Waals surface area contributed by atoms with Crippen LogP contribution in [0.25, 0.3) is 0 Å². The molecule has 1 aliphatic heterocycles. The van der Waals surface area contributed by atoms with E-state index in [1.807, 2.05) is 0 Å². The van der Waals surface area contributed by atoms with Crippen molar-refractivity contribution in [2.75, 3.05) is 19.8 Å². The minimum atomic E-state index is -0.571. The summed E-state index contributed by atoms with van der Waals surface area (Å²) in [6.07, 6.45) is 4.83. The average molecular weight is 340 g/mol. The summed E-state index contributed by atoms with van der Waals surface area (Å²) in [5.41, 5.74) is 2.33. The fraction of sp³-hybridized carbons (Fsp3) is 0.625. The maximum Gasteiger partial charge on any atom is 0.0815 e. The van der Waals surface area contributed by atoms with Gasteiger partial charge in [-0.2, -0.15) is 0 Å². The number of halogens is 1. The van der Waals surface area contributed by atoms with E-state index in [9.17, 15) is 5.11 Å². The van der Waals surface area contributed by atoms with Gasteiger partial charge in [0, 0.05) is 43.1 Å². The molecule has 1 unspecified atom stereocenters. The quantitative estimate of drug-likeness (QED) is 0.888. The van der Waals surface area contributed by atoms with Crippen molar-refractivity contribution in [3.8, 4) is 0 Å². The average Bonchev–Trinajstić information content (AvgIpc) is 2.46. The molecule has 3 rings (SSSR count). The first-order chi connectivity index (χ1) is 9.65. The monoisotopic (exact) mass is 339 g/mol. The molecular formula is C16H22BrNO2. The zero-order chi connectivity index (χ0) is 14.0. The molecule has 0 aromatic heterocycles. The molecule has 3 nitrogen and oxygen atoms in total. The third kappa shape index (κ3) is 3.42. The minimum absolute atomic E-state index is 0.482. The number of aryl methyl sites for hydroxylation is 1. The van der Waals surface area contributed by atoms with Gasteiger partial charge >= 0.3 is 0 Å². The molecule has 1 saturated heterocycles. The summed E-state index contributed by atoms with van der Waals surface area (Å²) in [5.74, 6) is 0. The van der Waals surface area contributed by atoms with Gasteiger partial charge in [0.25, 0.3) is 0 Å². The van der Waals surface area contributed by atoms with Gasteiger partial charge in [0.1, 0.15) is 0 Å². The number of benzene rings is 1. The van der Waals surface area contributed by atoms with Crippen LogP contribution in [0.4, 0.5) is 0 Å². The summed E-state index contributed by atoms with van der Waals surface area (Å²) in [6, 6.07) is 7.05. The Morgan fingerprint density at radius 1 is 1.30 bits per heavy atom. The Morgan fingerprint density at radius 3 is 2.90 bits per heavy atom. The van der Waals surface area contributed by atoms with E-state index in [1.165, 1.54) is 15.6 Å². The number of nitrogens with one attached hydrogen (secondary N) is 1. The Labute approximate surface area is 128 Å². The van der Waals surface area contributed by atoms with Crippen LogP contribution in [0.3, 0.4) is 0 Å². The van der Waals surface area contributed by atoms with Crippen molar-refractivity contribution >= 4 is 15.9 Å².